The average Bonchev–Trinajstić information content (AvgIpc) is 2.68. The highest BCUT2D eigenvalue weighted by atomic mass is 16.3. The summed E-state index contributed by atoms with van der Waals surface area (Å²) in [6.45, 7) is 7.08. The fourth-order valence-corrected chi connectivity index (χ4v) is 1.74. The first-order valence-corrected chi connectivity index (χ1v) is 5.64. The normalized spacial score (nSPS) is 13.3. The van der Waals surface area contributed by atoms with Crippen molar-refractivity contribution < 1.29 is 4.42 Å². The Morgan fingerprint density at radius 1 is 1.47 bits per heavy atom. The third-order valence-electron chi connectivity index (χ3n) is 2.48. The van der Waals surface area contributed by atoms with Gasteiger partial charge < -0.3 is 15.5 Å². The van der Waals surface area contributed by atoms with Crippen molar-refractivity contribution in [2.75, 3.05) is 13.1 Å². The van der Waals surface area contributed by atoms with Crippen LogP contribution in [0.3, 0.4) is 0 Å². The molecule has 0 aliphatic rings. The van der Waals surface area contributed by atoms with Gasteiger partial charge in [-0.3, -0.25) is 0 Å². The van der Waals surface area contributed by atoms with Crippen LogP contribution in [0.25, 0.3) is 0 Å². The van der Waals surface area contributed by atoms with E-state index in [-0.39, 0.29) is 0 Å². The van der Waals surface area contributed by atoms with Crippen LogP contribution in [-0.4, -0.2) is 13.1 Å². The maximum Gasteiger partial charge on any atom is 0.0947 e. The van der Waals surface area contributed by atoms with Gasteiger partial charge >= 0.3 is 0 Å². The predicted octanol–water partition coefficient (Wildman–Crippen LogP) is 1.99. The number of nitrogens with two attached hydrogens (primary N) is 1. The van der Waals surface area contributed by atoms with Gasteiger partial charge in [-0.15, -0.1) is 0 Å². The minimum atomic E-state index is 0.580. The van der Waals surface area contributed by atoms with Crippen molar-refractivity contribution in [3.63, 3.8) is 0 Å². The first kappa shape index (κ1) is 12.3. The molecule has 86 valence electrons. The molecular weight excluding hydrogens is 188 g/mol. The first-order valence-electron chi connectivity index (χ1n) is 5.64. The van der Waals surface area contributed by atoms with Crippen LogP contribution in [0.1, 0.15) is 25.8 Å². The SMILES string of the molecule is CC(C)CC(CN)CNCc1ccoc1. The third-order valence-corrected chi connectivity index (χ3v) is 2.48. The molecule has 0 aliphatic carbocycles. The van der Waals surface area contributed by atoms with Crippen LogP contribution in [0.5, 0.6) is 0 Å². The first-order chi connectivity index (χ1) is 7.22. The van der Waals surface area contributed by atoms with E-state index in [4.69, 9.17) is 10.2 Å². The van der Waals surface area contributed by atoms with Crippen LogP contribution in [0.15, 0.2) is 23.0 Å². The Balaban J connectivity index is 2.17. The minimum absolute atomic E-state index is 0.580. The van der Waals surface area contributed by atoms with E-state index in [0.29, 0.717) is 11.8 Å². The maximum absolute atomic E-state index is 5.72. The summed E-state index contributed by atoms with van der Waals surface area (Å²) in [6, 6.07) is 1.98. The zero-order chi connectivity index (χ0) is 11.1. The van der Waals surface area contributed by atoms with Crippen molar-refractivity contribution in [3.05, 3.63) is 24.2 Å². The minimum Gasteiger partial charge on any atom is -0.472 e. The van der Waals surface area contributed by atoms with E-state index in [1.165, 1.54) is 12.0 Å². The van der Waals surface area contributed by atoms with Crippen molar-refractivity contribution >= 4 is 0 Å². The Hall–Kier alpha value is -0.800. The standard InChI is InChI=1S/C12H22N2O/c1-10(2)5-12(6-13)8-14-7-11-3-4-15-9-11/h3-4,9-10,12,14H,5-8,13H2,1-2H3. The molecule has 1 unspecified atom stereocenters. The van der Waals surface area contributed by atoms with E-state index in [0.717, 1.165) is 19.6 Å². The van der Waals surface area contributed by atoms with Gasteiger partial charge in [-0.2, -0.15) is 0 Å². The monoisotopic (exact) mass is 210 g/mol. The molecule has 0 aliphatic heterocycles. The van der Waals surface area contributed by atoms with E-state index < -0.39 is 0 Å². The van der Waals surface area contributed by atoms with E-state index in [1.54, 1.807) is 12.5 Å². The Labute approximate surface area is 92.0 Å². The van der Waals surface area contributed by atoms with E-state index in [1.807, 2.05) is 6.07 Å². The molecule has 0 bridgehead atoms. The highest BCUT2D eigenvalue weighted by molar-refractivity contribution is 5.04. The number of furan rings is 1. The summed E-state index contributed by atoms with van der Waals surface area (Å²) in [7, 11) is 0. The average molecular weight is 210 g/mol. The molecule has 0 aromatic carbocycles. The number of hydrogen-bond acceptors (Lipinski definition) is 3. The van der Waals surface area contributed by atoms with Gasteiger partial charge in [0.25, 0.3) is 0 Å². The van der Waals surface area contributed by atoms with Gasteiger partial charge in [-0.25, -0.2) is 0 Å². The summed E-state index contributed by atoms with van der Waals surface area (Å²) in [5.41, 5.74) is 6.91. The molecule has 0 fully saturated rings. The molecule has 3 nitrogen and oxygen atoms in total. The van der Waals surface area contributed by atoms with Gasteiger partial charge in [0, 0.05) is 12.1 Å². The smallest absolute Gasteiger partial charge is 0.0947 e. The maximum atomic E-state index is 5.72. The van der Waals surface area contributed by atoms with Crippen LogP contribution in [-0.2, 0) is 6.54 Å². The highest BCUT2D eigenvalue weighted by Crippen LogP contribution is 2.09. The van der Waals surface area contributed by atoms with Gasteiger partial charge in [0.15, 0.2) is 0 Å². The van der Waals surface area contributed by atoms with Crippen LogP contribution in [0, 0.1) is 11.8 Å². The van der Waals surface area contributed by atoms with Gasteiger partial charge in [0.2, 0.25) is 0 Å². The fourth-order valence-electron chi connectivity index (χ4n) is 1.74. The molecule has 3 heteroatoms. The molecule has 15 heavy (non-hydrogen) atoms. The molecule has 0 amide bonds. The van der Waals surface area contributed by atoms with Crippen molar-refractivity contribution in [2.24, 2.45) is 17.6 Å². The van der Waals surface area contributed by atoms with Crippen LogP contribution in [0.2, 0.25) is 0 Å². The molecule has 1 rings (SSSR count). The molecule has 1 atom stereocenters. The largest absolute Gasteiger partial charge is 0.472 e. The van der Waals surface area contributed by atoms with Crippen molar-refractivity contribution in [1.29, 1.82) is 0 Å². The number of nitrogens with one attached hydrogen (secondary N) is 1. The highest BCUT2D eigenvalue weighted by Gasteiger charge is 2.08. The summed E-state index contributed by atoms with van der Waals surface area (Å²) < 4.78 is 5.00. The number of hydrogen-bond donors (Lipinski definition) is 2. The van der Waals surface area contributed by atoms with Crippen LogP contribution in [0.4, 0.5) is 0 Å². The molecule has 0 saturated carbocycles. The molecule has 0 radical (unpaired) electrons. The Morgan fingerprint density at radius 3 is 2.80 bits per heavy atom. The van der Waals surface area contributed by atoms with Crippen molar-refractivity contribution in [3.8, 4) is 0 Å². The number of rotatable bonds is 7. The zero-order valence-electron chi connectivity index (χ0n) is 9.70. The molecule has 0 spiro atoms. The quantitative estimate of drug-likeness (QED) is 0.723. The fraction of sp³-hybridized carbons (Fsp3) is 0.667. The van der Waals surface area contributed by atoms with Gasteiger partial charge in [-0.1, -0.05) is 13.8 Å². The molecule has 0 saturated heterocycles. The second kappa shape index (κ2) is 6.64. The Bertz CT molecular complexity index is 244. The van der Waals surface area contributed by atoms with E-state index in [9.17, 15) is 0 Å². The lowest BCUT2D eigenvalue weighted by molar-refractivity contribution is 0.393. The van der Waals surface area contributed by atoms with Gasteiger partial charge in [0.05, 0.1) is 12.5 Å². The lowest BCUT2D eigenvalue weighted by atomic mass is 9.97. The third kappa shape index (κ3) is 5.00. The molecule has 1 aromatic rings. The summed E-state index contributed by atoms with van der Waals surface area (Å²) in [4.78, 5) is 0. The van der Waals surface area contributed by atoms with Crippen molar-refractivity contribution in [2.45, 2.75) is 26.8 Å². The Morgan fingerprint density at radius 2 is 2.27 bits per heavy atom. The van der Waals surface area contributed by atoms with Gasteiger partial charge in [0.1, 0.15) is 0 Å². The lowest BCUT2D eigenvalue weighted by Gasteiger charge is -2.17. The molecular formula is C12H22N2O. The predicted molar refractivity (Wildman–Crippen MR) is 62.4 cm³/mol. The lowest BCUT2D eigenvalue weighted by Crippen LogP contribution is -2.28. The van der Waals surface area contributed by atoms with E-state index in [2.05, 4.69) is 19.2 Å². The summed E-state index contributed by atoms with van der Waals surface area (Å²) >= 11 is 0. The second-order valence-electron chi connectivity index (χ2n) is 4.49. The topological polar surface area (TPSA) is 51.2 Å². The summed E-state index contributed by atoms with van der Waals surface area (Å²) in [6.07, 6.45) is 4.66. The Kier molecular flexibility index (Phi) is 5.43. The summed E-state index contributed by atoms with van der Waals surface area (Å²) in [5, 5.41) is 3.40. The summed E-state index contributed by atoms with van der Waals surface area (Å²) in [5.74, 6) is 1.30. The van der Waals surface area contributed by atoms with Crippen LogP contribution < -0.4 is 11.1 Å². The van der Waals surface area contributed by atoms with Crippen molar-refractivity contribution in [1.82, 2.24) is 5.32 Å². The van der Waals surface area contributed by atoms with Crippen LogP contribution >= 0.6 is 0 Å². The van der Waals surface area contributed by atoms with Gasteiger partial charge in [-0.05, 0) is 37.4 Å². The van der Waals surface area contributed by atoms with E-state index >= 15 is 0 Å². The molecule has 1 aromatic heterocycles. The molecule has 1 heterocycles. The second-order valence-corrected chi connectivity index (χ2v) is 4.49. The molecule has 3 N–H and O–H groups in total. The zero-order valence-corrected chi connectivity index (χ0v) is 9.70.